The minimum Gasteiger partial charge on any atom is -0.292 e. The normalized spacial score (nSPS) is 17.5. The number of aryl methyl sites for hydroxylation is 1. The van der Waals surface area contributed by atoms with Crippen molar-refractivity contribution in [2.45, 2.75) is 38.3 Å². The second-order valence-corrected chi connectivity index (χ2v) is 7.73. The molecule has 0 aliphatic carbocycles. The maximum atomic E-state index is 4.28. The number of hydrogen-bond donors (Lipinski definition) is 0. The first-order valence-electron chi connectivity index (χ1n) is 9.24. The van der Waals surface area contributed by atoms with Gasteiger partial charge < -0.3 is 0 Å². The maximum Gasteiger partial charge on any atom is 0.0612 e. The molecule has 3 aromatic rings. The van der Waals surface area contributed by atoms with E-state index in [0.717, 1.165) is 6.54 Å². The Kier molecular flexibility index (Phi) is 5.28. The topological polar surface area (TPSA) is 21.1 Å². The summed E-state index contributed by atoms with van der Waals surface area (Å²) >= 11 is 1.92. The van der Waals surface area contributed by atoms with Gasteiger partial charge in [0, 0.05) is 30.4 Å². The SMILES string of the molecule is c1ccc(C2c3ccsc3CCN2CCCCCn2cccn2)cc1. The fraction of sp³-hybridized carbons (Fsp3) is 0.381. The minimum atomic E-state index is 0.433. The van der Waals surface area contributed by atoms with E-state index in [1.165, 1.54) is 49.9 Å². The number of hydrogen-bond acceptors (Lipinski definition) is 3. The van der Waals surface area contributed by atoms with Crippen molar-refractivity contribution in [2.75, 3.05) is 13.1 Å². The molecule has 130 valence electrons. The molecule has 1 aliphatic rings. The number of unbranched alkanes of at least 4 members (excludes halogenated alkanes) is 2. The van der Waals surface area contributed by atoms with Crippen LogP contribution in [-0.2, 0) is 13.0 Å². The Morgan fingerprint density at radius 1 is 1.00 bits per heavy atom. The summed E-state index contributed by atoms with van der Waals surface area (Å²) in [5, 5.41) is 6.54. The predicted molar refractivity (Wildman–Crippen MR) is 104 cm³/mol. The highest BCUT2D eigenvalue weighted by Crippen LogP contribution is 2.37. The Hall–Kier alpha value is -1.91. The molecule has 1 unspecified atom stereocenters. The fourth-order valence-electron chi connectivity index (χ4n) is 3.83. The lowest BCUT2D eigenvalue weighted by atomic mass is 9.93. The first-order valence-corrected chi connectivity index (χ1v) is 10.1. The van der Waals surface area contributed by atoms with Gasteiger partial charge in [-0.05, 0) is 54.4 Å². The molecule has 1 atom stereocenters. The van der Waals surface area contributed by atoms with Crippen molar-refractivity contribution in [3.8, 4) is 0 Å². The van der Waals surface area contributed by atoms with E-state index in [9.17, 15) is 0 Å². The van der Waals surface area contributed by atoms with Crippen molar-refractivity contribution in [1.82, 2.24) is 14.7 Å². The molecular weight excluding hydrogens is 326 g/mol. The summed E-state index contributed by atoms with van der Waals surface area (Å²) < 4.78 is 2.03. The highest BCUT2D eigenvalue weighted by atomic mass is 32.1. The van der Waals surface area contributed by atoms with Crippen LogP contribution < -0.4 is 0 Å². The molecule has 1 aliphatic heterocycles. The summed E-state index contributed by atoms with van der Waals surface area (Å²) in [6.07, 6.45) is 8.82. The Morgan fingerprint density at radius 2 is 1.88 bits per heavy atom. The zero-order valence-electron chi connectivity index (χ0n) is 14.6. The van der Waals surface area contributed by atoms with Crippen LogP contribution in [0.25, 0.3) is 0 Å². The van der Waals surface area contributed by atoms with Gasteiger partial charge in [-0.2, -0.15) is 5.10 Å². The van der Waals surface area contributed by atoms with Gasteiger partial charge in [-0.25, -0.2) is 0 Å². The quantitative estimate of drug-likeness (QED) is 0.572. The minimum absolute atomic E-state index is 0.433. The number of rotatable bonds is 7. The summed E-state index contributed by atoms with van der Waals surface area (Å²) in [7, 11) is 0. The van der Waals surface area contributed by atoms with Crippen LogP contribution in [0.3, 0.4) is 0 Å². The van der Waals surface area contributed by atoms with Crippen molar-refractivity contribution in [3.05, 3.63) is 76.2 Å². The summed E-state index contributed by atoms with van der Waals surface area (Å²) in [5.74, 6) is 0. The molecule has 2 aromatic heterocycles. The molecule has 3 nitrogen and oxygen atoms in total. The van der Waals surface area contributed by atoms with E-state index < -0.39 is 0 Å². The second kappa shape index (κ2) is 7.98. The van der Waals surface area contributed by atoms with E-state index in [2.05, 4.69) is 51.8 Å². The predicted octanol–water partition coefficient (Wildman–Crippen LogP) is 4.76. The average molecular weight is 352 g/mol. The Labute approximate surface area is 153 Å². The van der Waals surface area contributed by atoms with Crippen LogP contribution in [0.1, 0.15) is 41.3 Å². The summed E-state index contributed by atoms with van der Waals surface area (Å²) in [5.41, 5.74) is 2.96. The molecule has 25 heavy (non-hydrogen) atoms. The van der Waals surface area contributed by atoms with Gasteiger partial charge in [0.1, 0.15) is 0 Å². The van der Waals surface area contributed by atoms with E-state index in [-0.39, 0.29) is 0 Å². The van der Waals surface area contributed by atoms with Gasteiger partial charge in [-0.3, -0.25) is 9.58 Å². The maximum absolute atomic E-state index is 4.28. The zero-order valence-corrected chi connectivity index (χ0v) is 15.4. The van der Waals surface area contributed by atoms with Crippen LogP contribution in [0.5, 0.6) is 0 Å². The smallest absolute Gasteiger partial charge is 0.0612 e. The number of thiophene rings is 1. The first kappa shape index (κ1) is 16.6. The van der Waals surface area contributed by atoms with E-state index in [1.54, 1.807) is 4.88 Å². The molecule has 0 N–H and O–H groups in total. The lowest BCUT2D eigenvalue weighted by molar-refractivity contribution is 0.210. The Bertz CT molecular complexity index is 764. The van der Waals surface area contributed by atoms with Crippen molar-refractivity contribution in [2.24, 2.45) is 0 Å². The van der Waals surface area contributed by atoms with Crippen LogP contribution >= 0.6 is 11.3 Å². The molecule has 4 rings (SSSR count). The molecular formula is C21H25N3S. The lowest BCUT2D eigenvalue weighted by Gasteiger charge is -2.36. The summed E-state index contributed by atoms with van der Waals surface area (Å²) in [6.45, 7) is 3.38. The third-order valence-corrected chi connectivity index (χ3v) is 6.07. The zero-order chi connectivity index (χ0) is 16.9. The van der Waals surface area contributed by atoms with Crippen LogP contribution in [0.15, 0.2) is 60.2 Å². The fourth-order valence-corrected chi connectivity index (χ4v) is 4.74. The van der Waals surface area contributed by atoms with Crippen LogP contribution in [0, 0.1) is 0 Å². The summed E-state index contributed by atoms with van der Waals surface area (Å²) in [4.78, 5) is 4.25. The standard InChI is InChI=1S/C21H25N3S/c1-3-8-18(9-4-1)21-19-11-17-25-20(19)10-16-23(21)13-5-2-6-14-24-15-7-12-22-24/h1,3-4,7-9,11-12,15,17,21H,2,5-6,10,13-14,16H2. The van der Waals surface area contributed by atoms with Crippen molar-refractivity contribution in [3.63, 3.8) is 0 Å². The Balaban J connectivity index is 1.38. The van der Waals surface area contributed by atoms with E-state index in [1.807, 2.05) is 34.5 Å². The molecule has 0 spiro atoms. The van der Waals surface area contributed by atoms with Gasteiger partial charge in [0.05, 0.1) is 6.04 Å². The third-order valence-electron chi connectivity index (χ3n) is 5.07. The second-order valence-electron chi connectivity index (χ2n) is 6.73. The molecule has 1 aromatic carbocycles. The van der Waals surface area contributed by atoms with E-state index in [0.29, 0.717) is 6.04 Å². The molecule has 0 bridgehead atoms. The van der Waals surface area contributed by atoms with Gasteiger partial charge in [-0.1, -0.05) is 36.8 Å². The van der Waals surface area contributed by atoms with Crippen molar-refractivity contribution < 1.29 is 0 Å². The van der Waals surface area contributed by atoms with Gasteiger partial charge in [0.15, 0.2) is 0 Å². The summed E-state index contributed by atoms with van der Waals surface area (Å²) in [6, 6.07) is 15.8. The van der Waals surface area contributed by atoms with Crippen LogP contribution in [0.2, 0.25) is 0 Å². The van der Waals surface area contributed by atoms with Gasteiger partial charge >= 0.3 is 0 Å². The molecule has 0 fully saturated rings. The molecule has 3 heterocycles. The van der Waals surface area contributed by atoms with Gasteiger partial charge in [0.25, 0.3) is 0 Å². The number of benzene rings is 1. The third kappa shape index (κ3) is 3.86. The molecule has 0 amide bonds. The number of fused-ring (bicyclic) bond motifs is 1. The van der Waals surface area contributed by atoms with Crippen LogP contribution in [0.4, 0.5) is 0 Å². The van der Waals surface area contributed by atoms with Crippen LogP contribution in [-0.4, -0.2) is 27.8 Å². The first-order chi connectivity index (χ1) is 12.4. The molecule has 4 heteroatoms. The molecule has 0 saturated carbocycles. The average Bonchev–Trinajstić information content (AvgIpc) is 3.33. The van der Waals surface area contributed by atoms with Crippen molar-refractivity contribution >= 4 is 11.3 Å². The highest BCUT2D eigenvalue weighted by Gasteiger charge is 2.28. The van der Waals surface area contributed by atoms with E-state index in [4.69, 9.17) is 0 Å². The van der Waals surface area contributed by atoms with E-state index >= 15 is 0 Å². The molecule has 0 radical (unpaired) electrons. The monoisotopic (exact) mass is 351 g/mol. The molecule has 0 saturated heterocycles. The highest BCUT2D eigenvalue weighted by molar-refractivity contribution is 7.10. The van der Waals surface area contributed by atoms with Crippen molar-refractivity contribution in [1.29, 1.82) is 0 Å². The number of aromatic nitrogens is 2. The Morgan fingerprint density at radius 3 is 2.72 bits per heavy atom. The lowest BCUT2D eigenvalue weighted by Crippen LogP contribution is -2.36. The van der Waals surface area contributed by atoms with Gasteiger partial charge in [-0.15, -0.1) is 11.3 Å². The largest absolute Gasteiger partial charge is 0.292 e. The number of nitrogens with zero attached hydrogens (tertiary/aromatic N) is 3. The van der Waals surface area contributed by atoms with Gasteiger partial charge in [0.2, 0.25) is 0 Å².